The van der Waals surface area contributed by atoms with Gasteiger partial charge in [-0.1, -0.05) is 12.2 Å². The number of nitrogens with zero attached hydrogens (tertiary/aromatic N) is 9. The summed E-state index contributed by atoms with van der Waals surface area (Å²) in [6.07, 6.45) is 4.48. The Balaban J connectivity index is 1.22. The predicted octanol–water partition coefficient (Wildman–Crippen LogP) is 3.50. The molecule has 7 rings (SSSR count). The number of allylic oxidation sites excluding steroid dienone is 2. The van der Waals surface area contributed by atoms with Crippen LogP contribution in [0.3, 0.4) is 0 Å². The van der Waals surface area contributed by atoms with Crippen LogP contribution >= 0.6 is 0 Å². The molecule has 19 heteroatoms. The van der Waals surface area contributed by atoms with Crippen molar-refractivity contribution in [3.8, 4) is 5.75 Å². The fraction of sp³-hybridized carbons (Fsp3) is 0.366. The highest BCUT2D eigenvalue weighted by Crippen LogP contribution is 2.32. The second-order valence-corrected chi connectivity index (χ2v) is 14.4. The van der Waals surface area contributed by atoms with Crippen molar-refractivity contribution in [1.29, 1.82) is 0 Å². The molecule has 0 spiro atoms. The van der Waals surface area contributed by atoms with Gasteiger partial charge < -0.3 is 30.1 Å². The minimum atomic E-state index is -0.648. The Labute approximate surface area is 345 Å². The Morgan fingerprint density at radius 3 is 1.93 bits per heavy atom. The average Bonchev–Trinajstić information content (AvgIpc) is 4.00. The second-order valence-electron chi connectivity index (χ2n) is 14.4. The van der Waals surface area contributed by atoms with Gasteiger partial charge in [0, 0.05) is 56.9 Å². The summed E-state index contributed by atoms with van der Waals surface area (Å²) in [5.74, 6) is -1.22. The number of aromatic nitrogens is 8. The predicted molar refractivity (Wildman–Crippen MR) is 224 cm³/mol. The van der Waals surface area contributed by atoms with Crippen LogP contribution in [0.4, 0.5) is 11.9 Å². The SMILES string of the molecule is CCn1nc(C)cc1C(=O)Nc1nc2cc(C(N)=O)ccc2n1C/C=C/Cn1c(NC(=O)c2cc(C)nn2CC)nc2cc(C(N)=O)cc(OCCCN3CCOCC3)c21. The van der Waals surface area contributed by atoms with Crippen molar-refractivity contribution < 1.29 is 28.7 Å². The Hall–Kier alpha value is -6.86. The van der Waals surface area contributed by atoms with Gasteiger partial charge in [0.05, 0.1) is 47.8 Å². The van der Waals surface area contributed by atoms with Crippen molar-refractivity contribution in [3.63, 3.8) is 0 Å². The van der Waals surface area contributed by atoms with Crippen LogP contribution in [0.25, 0.3) is 22.1 Å². The summed E-state index contributed by atoms with van der Waals surface area (Å²) in [5.41, 5.74) is 16.0. The second kappa shape index (κ2) is 18.0. The zero-order valence-corrected chi connectivity index (χ0v) is 34.1. The van der Waals surface area contributed by atoms with Crippen molar-refractivity contribution in [2.24, 2.45) is 11.5 Å². The van der Waals surface area contributed by atoms with Crippen LogP contribution in [-0.4, -0.2) is 107 Å². The number of anilines is 2. The molecule has 0 atom stereocenters. The van der Waals surface area contributed by atoms with Crippen LogP contribution in [0.2, 0.25) is 0 Å². The first-order valence-electron chi connectivity index (χ1n) is 19.9. The molecule has 0 unspecified atom stereocenters. The molecule has 1 aliphatic heterocycles. The van der Waals surface area contributed by atoms with E-state index in [0.29, 0.717) is 83.5 Å². The van der Waals surface area contributed by atoms with Gasteiger partial charge in [0.15, 0.2) is 0 Å². The van der Waals surface area contributed by atoms with Crippen LogP contribution in [0.5, 0.6) is 5.75 Å². The maximum atomic E-state index is 13.8. The molecule has 4 aromatic heterocycles. The summed E-state index contributed by atoms with van der Waals surface area (Å²) < 4.78 is 18.7. The number of carbonyl (C=O) groups is 4. The number of imidazole rings is 2. The molecule has 1 aliphatic rings. The lowest BCUT2D eigenvalue weighted by atomic mass is 10.1. The lowest BCUT2D eigenvalue weighted by Crippen LogP contribution is -2.37. The third-order valence-corrected chi connectivity index (χ3v) is 10.2. The van der Waals surface area contributed by atoms with E-state index in [0.717, 1.165) is 26.1 Å². The smallest absolute Gasteiger partial charge is 0.276 e. The van der Waals surface area contributed by atoms with Gasteiger partial charge in [0.1, 0.15) is 22.7 Å². The third kappa shape index (κ3) is 8.91. The van der Waals surface area contributed by atoms with E-state index in [4.69, 9.17) is 25.9 Å². The topological polar surface area (TPSA) is 237 Å². The van der Waals surface area contributed by atoms with Crippen LogP contribution in [0.15, 0.2) is 54.6 Å². The molecule has 0 bridgehead atoms. The molecule has 0 aliphatic carbocycles. The number of nitrogens with one attached hydrogen (secondary N) is 2. The fourth-order valence-electron chi connectivity index (χ4n) is 7.24. The summed E-state index contributed by atoms with van der Waals surface area (Å²) >= 11 is 0. The Bertz CT molecular complexity index is 2610. The highest BCUT2D eigenvalue weighted by Gasteiger charge is 2.23. The molecule has 4 amide bonds. The lowest BCUT2D eigenvalue weighted by Gasteiger charge is -2.26. The van der Waals surface area contributed by atoms with Gasteiger partial charge >= 0.3 is 0 Å². The number of rotatable bonds is 17. The van der Waals surface area contributed by atoms with Gasteiger partial charge in [-0.3, -0.25) is 44.1 Å². The molecule has 1 saturated heterocycles. The number of ether oxygens (including phenoxy) is 2. The molecule has 2 aromatic carbocycles. The monoisotopic (exact) mass is 819 g/mol. The number of carbonyl (C=O) groups excluding carboxylic acids is 4. The standard InChI is InChI=1S/C41H49N13O6/c1-5-53-32(20-25(3)48-53)38(57)46-40-44-29-22-27(36(42)55)10-11-31(29)51(40)13-7-8-14-52-35-30(45-41(52)47-39(58)33-21-26(4)49-54(33)6-2)23-28(37(43)56)24-34(35)60-17-9-12-50-15-18-59-19-16-50/h7-8,10-11,20-24H,5-6,9,12-19H2,1-4H3,(H2,42,55)(H2,43,56)(H,44,46,57)(H,45,47,58)/b8-7+. The number of morpholine rings is 1. The van der Waals surface area contributed by atoms with Crippen molar-refractivity contribution >= 4 is 57.6 Å². The van der Waals surface area contributed by atoms with E-state index in [-0.39, 0.29) is 36.1 Å². The molecular formula is C41H49N13O6. The van der Waals surface area contributed by atoms with E-state index in [9.17, 15) is 19.2 Å². The van der Waals surface area contributed by atoms with Crippen LogP contribution in [0.1, 0.15) is 73.3 Å². The molecule has 1 fully saturated rings. The highest BCUT2D eigenvalue weighted by atomic mass is 16.5. The summed E-state index contributed by atoms with van der Waals surface area (Å²) in [4.78, 5) is 63.6. The number of benzene rings is 2. The number of nitrogens with two attached hydrogens (primary N) is 2. The molecule has 6 aromatic rings. The average molecular weight is 820 g/mol. The van der Waals surface area contributed by atoms with Crippen molar-refractivity contribution in [1.82, 2.24) is 43.6 Å². The molecule has 19 nitrogen and oxygen atoms in total. The van der Waals surface area contributed by atoms with Gasteiger partial charge in [-0.15, -0.1) is 0 Å². The van der Waals surface area contributed by atoms with Crippen molar-refractivity contribution in [3.05, 3.63) is 88.5 Å². The summed E-state index contributed by atoms with van der Waals surface area (Å²) in [7, 11) is 0. The number of aryl methyl sites for hydroxylation is 4. The number of primary amides is 2. The van der Waals surface area contributed by atoms with Crippen LogP contribution in [0, 0.1) is 13.8 Å². The first-order chi connectivity index (χ1) is 28.9. The van der Waals surface area contributed by atoms with E-state index in [1.165, 1.54) is 0 Å². The summed E-state index contributed by atoms with van der Waals surface area (Å²) in [6.45, 7) is 13.1. The minimum absolute atomic E-state index is 0.202. The van der Waals surface area contributed by atoms with E-state index in [1.54, 1.807) is 61.0 Å². The summed E-state index contributed by atoms with van der Waals surface area (Å²) in [6, 6.07) is 11.5. The van der Waals surface area contributed by atoms with Crippen molar-refractivity contribution in [2.45, 2.75) is 60.3 Å². The van der Waals surface area contributed by atoms with E-state index >= 15 is 0 Å². The zero-order valence-electron chi connectivity index (χ0n) is 34.1. The molecule has 60 heavy (non-hydrogen) atoms. The van der Waals surface area contributed by atoms with Crippen LogP contribution in [-0.2, 0) is 30.9 Å². The van der Waals surface area contributed by atoms with Crippen molar-refractivity contribution in [2.75, 3.05) is 50.1 Å². The van der Waals surface area contributed by atoms with Gasteiger partial charge in [-0.25, -0.2) is 9.97 Å². The Kier molecular flexibility index (Phi) is 12.4. The van der Waals surface area contributed by atoms with Gasteiger partial charge in [-0.05, 0) is 76.6 Å². The first-order valence-corrected chi connectivity index (χ1v) is 19.9. The molecule has 0 saturated carbocycles. The normalized spacial score (nSPS) is 13.4. The number of fused-ring (bicyclic) bond motifs is 2. The lowest BCUT2D eigenvalue weighted by molar-refractivity contribution is 0.0358. The van der Waals surface area contributed by atoms with Gasteiger partial charge in [0.2, 0.25) is 23.7 Å². The number of amides is 4. The Morgan fingerprint density at radius 2 is 1.33 bits per heavy atom. The zero-order chi connectivity index (χ0) is 42.5. The quantitative estimate of drug-likeness (QED) is 0.0768. The maximum Gasteiger partial charge on any atom is 0.276 e. The van der Waals surface area contributed by atoms with Gasteiger partial charge in [0.25, 0.3) is 11.8 Å². The summed E-state index contributed by atoms with van der Waals surface area (Å²) in [5, 5.41) is 14.7. The first kappa shape index (κ1) is 41.3. The molecule has 0 radical (unpaired) electrons. The minimum Gasteiger partial charge on any atom is -0.491 e. The fourth-order valence-corrected chi connectivity index (χ4v) is 7.24. The van der Waals surface area contributed by atoms with E-state index < -0.39 is 23.6 Å². The van der Waals surface area contributed by atoms with Gasteiger partial charge in [-0.2, -0.15) is 10.2 Å². The number of hydrogen-bond donors (Lipinski definition) is 4. The van der Waals surface area contributed by atoms with E-state index in [1.807, 2.05) is 39.8 Å². The molecular weight excluding hydrogens is 771 g/mol. The maximum absolute atomic E-state index is 13.8. The molecule has 314 valence electrons. The van der Waals surface area contributed by atoms with E-state index in [2.05, 4.69) is 30.7 Å². The molecule has 6 N–H and O–H groups in total. The highest BCUT2D eigenvalue weighted by molar-refractivity contribution is 6.05. The Morgan fingerprint density at radius 1 is 0.767 bits per heavy atom. The largest absolute Gasteiger partial charge is 0.491 e. The molecule has 5 heterocycles. The third-order valence-electron chi connectivity index (χ3n) is 10.2. The number of hydrogen-bond acceptors (Lipinski definition) is 11. The van der Waals surface area contributed by atoms with Crippen LogP contribution < -0.4 is 26.8 Å².